The lowest BCUT2D eigenvalue weighted by Gasteiger charge is -2.38. The van der Waals surface area contributed by atoms with Gasteiger partial charge in [-0.05, 0) is 73.7 Å². The van der Waals surface area contributed by atoms with Gasteiger partial charge in [-0.25, -0.2) is 9.59 Å². The van der Waals surface area contributed by atoms with E-state index in [9.17, 15) is 14.4 Å². The number of methoxy groups -OCH3 is 1. The molecule has 46 heavy (non-hydrogen) atoms. The van der Waals surface area contributed by atoms with Gasteiger partial charge in [-0.1, -0.05) is 42.1 Å². The van der Waals surface area contributed by atoms with Gasteiger partial charge in [0.15, 0.2) is 0 Å². The molecular formula is C35H39N3O6S2. The minimum atomic E-state index is -1.26. The second kappa shape index (κ2) is 16.5. The Balaban J connectivity index is 0.000000184. The Kier molecular flexibility index (Phi) is 12.5. The van der Waals surface area contributed by atoms with E-state index in [-0.39, 0.29) is 5.56 Å². The van der Waals surface area contributed by atoms with Crippen molar-refractivity contribution in [3.05, 3.63) is 106 Å². The summed E-state index contributed by atoms with van der Waals surface area (Å²) in [5.41, 5.74) is 4.64. The Labute approximate surface area is 277 Å². The monoisotopic (exact) mass is 661 g/mol. The van der Waals surface area contributed by atoms with Crippen LogP contribution in [-0.2, 0) is 16.0 Å². The van der Waals surface area contributed by atoms with Gasteiger partial charge in [0.1, 0.15) is 5.75 Å². The van der Waals surface area contributed by atoms with Crippen molar-refractivity contribution >= 4 is 46.4 Å². The van der Waals surface area contributed by atoms with Crippen molar-refractivity contribution in [1.82, 2.24) is 14.8 Å². The summed E-state index contributed by atoms with van der Waals surface area (Å²) >= 11 is 3.79. The average molecular weight is 662 g/mol. The van der Waals surface area contributed by atoms with Gasteiger partial charge < -0.3 is 24.8 Å². The van der Waals surface area contributed by atoms with Gasteiger partial charge in [0.25, 0.3) is 0 Å². The highest BCUT2D eigenvalue weighted by atomic mass is 32.2. The fourth-order valence-electron chi connectivity index (χ4n) is 5.41. The Hall–Kier alpha value is -4.03. The number of hydrogen-bond donors (Lipinski definition) is 3. The maximum atomic E-state index is 11.3. The maximum Gasteiger partial charge on any atom is 0.328 e. The number of piperazine rings is 1. The van der Waals surface area contributed by atoms with Crippen LogP contribution in [0, 0.1) is 6.92 Å². The van der Waals surface area contributed by atoms with Crippen molar-refractivity contribution in [2.75, 3.05) is 46.6 Å². The number of carbonyl (C=O) groups is 2. The molecule has 3 N–H and O–H groups in total. The van der Waals surface area contributed by atoms with Gasteiger partial charge in [0.2, 0.25) is 5.56 Å². The number of hydrogen-bond acceptors (Lipinski definition) is 8. The van der Waals surface area contributed by atoms with Crippen LogP contribution >= 0.6 is 23.5 Å². The Bertz CT molecular complexity index is 1750. The number of aromatic amines is 1. The van der Waals surface area contributed by atoms with E-state index in [0.29, 0.717) is 23.9 Å². The number of thioether (sulfide) groups is 1. The van der Waals surface area contributed by atoms with Crippen molar-refractivity contribution in [2.24, 2.45) is 0 Å². The fraction of sp³-hybridized carbons (Fsp3) is 0.286. The van der Waals surface area contributed by atoms with Crippen LogP contribution in [0.4, 0.5) is 0 Å². The van der Waals surface area contributed by atoms with Gasteiger partial charge in [0.05, 0.1) is 12.6 Å². The van der Waals surface area contributed by atoms with E-state index in [2.05, 4.69) is 70.6 Å². The first-order valence-corrected chi connectivity index (χ1v) is 16.8. The van der Waals surface area contributed by atoms with Crippen LogP contribution in [0.15, 0.2) is 98.4 Å². The molecule has 3 heterocycles. The third kappa shape index (κ3) is 9.26. The summed E-state index contributed by atoms with van der Waals surface area (Å²) in [6.07, 6.45) is 4.41. The lowest BCUT2D eigenvalue weighted by atomic mass is 9.96. The highest BCUT2D eigenvalue weighted by Gasteiger charge is 2.29. The molecule has 0 amide bonds. The average Bonchev–Trinajstić information content (AvgIpc) is 3.21. The largest absolute Gasteiger partial charge is 0.495 e. The number of nitrogens with one attached hydrogen (secondary N) is 1. The number of aliphatic carboxylic acids is 2. The summed E-state index contributed by atoms with van der Waals surface area (Å²) in [6, 6.07) is 23.8. The molecule has 1 fully saturated rings. The van der Waals surface area contributed by atoms with E-state index in [0.717, 1.165) is 36.0 Å². The van der Waals surface area contributed by atoms with Crippen LogP contribution in [0.25, 0.3) is 10.9 Å². The number of fused-ring (bicyclic) bond motifs is 3. The number of likely N-dealkylation sites (N-methyl/N-ethyl adjacent to an activating group) is 1. The lowest BCUT2D eigenvalue weighted by Crippen LogP contribution is -2.46. The number of nitrogens with zero attached hydrogens (tertiary/aromatic N) is 2. The molecule has 11 heteroatoms. The quantitative estimate of drug-likeness (QED) is 0.174. The second-order valence-electron chi connectivity index (χ2n) is 10.9. The van der Waals surface area contributed by atoms with Crippen LogP contribution < -0.4 is 10.3 Å². The number of ether oxygens (including phenoxy) is 1. The predicted molar refractivity (Wildman–Crippen MR) is 185 cm³/mol. The van der Waals surface area contributed by atoms with Gasteiger partial charge in [0, 0.05) is 70.5 Å². The summed E-state index contributed by atoms with van der Waals surface area (Å²) in [5.74, 6) is -1.82. The Morgan fingerprint density at radius 2 is 1.65 bits per heavy atom. The molecule has 0 bridgehead atoms. The molecule has 0 aliphatic carbocycles. The molecule has 1 saturated heterocycles. The molecule has 6 rings (SSSR count). The van der Waals surface area contributed by atoms with Crippen molar-refractivity contribution in [2.45, 2.75) is 34.1 Å². The predicted octanol–water partition coefficient (Wildman–Crippen LogP) is 5.96. The SMILES string of the molecule is COc1cccc2c(C)cc(=O)[nH]c12.CSc1ccc2c(c1)C(N1CCN(C)CC1)Cc1ccccc1S2.O=C(O)C=CC(=O)O. The van der Waals surface area contributed by atoms with Crippen LogP contribution in [-0.4, -0.2) is 83.5 Å². The first-order valence-electron chi connectivity index (χ1n) is 14.8. The molecule has 4 aromatic rings. The number of aryl methyl sites for hydroxylation is 1. The number of aromatic nitrogens is 1. The summed E-state index contributed by atoms with van der Waals surface area (Å²) in [4.78, 5) is 42.5. The standard InChI is InChI=1S/C20H24N2S2.C11H11NO2.C4H4O4/c1-21-9-11-22(12-10-21)18-13-15-5-3-4-6-19(15)24-20-8-7-16(23-2)14-17(18)20;1-7-6-10(13)12-11-8(7)4-3-5-9(11)14-2;5-3(6)1-2-4(7)8/h3-8,14,18H,9-13H2,1-2H3;3-6H,1-2H3,(H,12,13);1-2H,(H,5,6)(H,7,8). The Morgan fingerprint density at radius 3 is 2.30 bits per heavy atom. The van der Waals surface area contributed by atoms with Crippen LogP contribution in [0.3, 0.4) is 0 Å². The Morgan fingerprint density at radius 1 is 0.957 bits per heavy atom. The summed E-state index contributed by atoms with van der Waals surface area (Å²) in [7, 11) is 3.82. The summed E-state index contributed by atoms with van der Waals surface area (Å²) in [6.45, 7) is 6.58. The first kappa shape index (κ1) is 34.8. The second-order valence-corrected chi connectivity index (χ2v) is 12.8. The van der Waals surface area contributed by atoms with Crippen LogP contribution in [0.2, 0.25) is 0 Å². The molecule has 1 unspecified atom stereocenters. The van der Waals surface area contributed by atoms with Gasteiger partial charge >= 0.3 is 11.9 Å². The highest BCUT2D eigenvalue weighted by molar-refractivity contribution is 7.99. The third-order valence-corrected chi connectivity index (χ3v) is 9.73. The number of para-hydroxylation sites is 1. The first-order chi connectivity index (χ1) is 22.1. The van der Waals surface area contributed by atoms with Gasteiger partial charge in [-0.3, -0.25) is 9.69 Å². The lowest BCUT2D eigenvalue weighted by molar-refractivity contribution is -0.134. The van der Waals surface area contributed by atoms with E-state index < -0.39 is 11.9 Å². The van der Waals surface area contributed by atoms with Crippen molar-refractivity contribution in [3.63, 3.8) is 0 Å². The highest BCUT2D eigenvalue weighted by Crippen LogP contribution is 2.44. The molecular weight excluding hydrogens is 623 g/mol. The molecule has 242 valence electrons. The number of pyridine rings is 1. The van der Waals surface area contributed by atoms with Crippen molar-refractivity contribution in [1.29, 1.82) is 0 Å². The topological polar surface area (TPSA) is 123 Å². The zero-order chi connectivity index (χ0) is 33.2. The number of rotatable bonds is 5. The number of H-pyrrole nitrogens is 1. The van der Waals surface area contributed by atoms with E-state index in [1.165, 1.54) is 38.9 Å². The number of carboxylic acids is 2. The minimum Gasteiger partial charge on any atom is -0.495 e. The van der Waals surface area contributed by atoms with E-state index in [1.54, 1.807) is 13.2 Å². The molecule has 3 aromatic carbocycles. The molecule has 2 aliphatic heterocycles. The molecule has 9 nitrogen and oxygen atoms in total. The van der Waals surface area contributed by atoms with Crippen molar-refractivity contribution in [3.8, 4) is 5.75 Å². The molecule has 1 atom stereocenters. The van der Waals surface area contributed by atoms with Gasteiger partial charge in [-0.15, -0.1) is 11.8 Å². The van der Waals surface area contributed by atoms with E-state index >= 15 is 0 Å². The molecule has 0 spiro atoms. The van der Waals surface area contributed by atoms with Crippen LogP contribution in [0.1, 0.15) is 22.7 Å². The normalized spacial score (nSPS) is 16.2. The summed E-state index contributed by atoms with van der Waals surface area (Å²) < 4.78 is 5.17. The number of carboxylic acid groups (broad SMARTS) is 2. The smallest absolute Gasteiger partial charge is 0.328 e. The maximum absolute atomic E-state index is 11.3. The van der Waals surface area contributed by atoms with E-state index in [4.69, 9.17) is 14.9 Å². The summed E-state index contributed by atoms with van der Waals surface area (Å²) in [5, 5.41) is 16.6. The van der Waals surface area contributed by atoms with Crippen LogP contribution in [0.5, 0.6) is 5.75 Å². The zero-order valence-corrected chi connectivity index (χ0v) is 28.0. The molecule has 0 saturated carbocycles. The molecule has 0 radical (unpaired) electrons. The zero-order valence-electron chi connectivity index (χ0n) is 26.4. The fourth-order valence-corrected chi connectivity index (χ4v) is 6.97. The minimum absolute atomic E-state index is 0.0977. The molecule has 2 aliphatic rings. The van der Waals surface area contributed by atoms with Crippen molar-refractivity contribution < 1.29 is 24.5 Å². The van der Waals surface area contributed by atoms with E-state index in [1.807, 2.05) is 48.6 Å². The van der Waals surface area contributed by atoms with Gasteiger partial charge in [-0.2, -0.15) is 0 Å². The number of benzene rings is 3. The molecule has 1 aromatic heterocycles. The third-order valence-electron chi connectivity index (χ3n) is 7.80.